The van der Waals surface area contributed by atoms with Gasteiger partial charge in [0.05, 0.1) is 6.61 Å². The number of ether oxygens (including phenoxy) is 1. The summed E-state index contributed by atoms with van der Waals surface area (Å²) in [5.74, 6) is 2.68. The molecule has 0 N–H and O–H groups in total. The Morgan fingerprint density at radius 2 is 1.54 bits per heavy atom. The molecule has 2 aliphatic heterocycles. The van der Waals surface area contributed by atoms with Crippen molar-refractivity contribution in [2.24, 2.45) is 0 Å². The Hall–Kier alpha value is -2.83. The second kappa shape index (κ2) is 8.46. The zero-order valence-corrected chi connectivity index (χ0v) is 16.4. The molecule has 1 amide bonds. The number of anilines is 2. The van der Waals surface area contributed by atoms with Gasteiger partial charge >= 0.3 is 6.09 Å². The van der Waals surface area contributed by atoms with Crippen molar-refractivity contribution >= 4 is 17.7 Å². The highest BCUT2D eigenvalue weighted by molar-refractivity contribution is 5.68. The first-order chi connectivity index (χ1) is 13.7. The molecule has 2 saturated heterocycles. The number of carbonyl (C=O) groups is 1. The van der Waals surface area contributed by atoms with Crippen molar-refractivity contribution in [3.8, 4) is 11.4 Å². The third kappa shape index (κ3) is 4.03. The van der Waals surface area contributed by atoms with Crippen molar-refractivity contribution in [3.05, 3.63) is 36.4 Å². The van der Waals surface area contributed by atoms with Crippen LogP contribution >= 0.6 is 0 Å². The molecule has 1 aromatic heterocycles. The Kier molecular flexibility index (Phi) is 5.60. The highest BCUT2D eigenvalue weighted by Crippen LogP contribution is 2.27. The molecule has 0 unspecified atom stereocenters. The monoisotopic (exact) mass is 381 g/mol. The summed E-state index contributed by atoms with van der Waals surface area (Å²) in [7, 11) is 0. The van der Waals surface area contributed by atoms with Crippen molar-refractivity contribution in [1.82, 2.24) is 14.9 Å². The van der Waals surface area contributed by atoms with Crippen molar-refractivity contribution in [2.75, 3.05) is 55.7 Å². The molecule has 2 fully saturated rings. The lowest BCUT2D eigenvalue weighted by atomic mass is 10.2. The van der Waals surface area contributed by atoms with Gasteiger partial charge in [0, 0.05) is 50.9 Å². The molecule has 2 aliphatic rings. The molecule has 148 valence electrons. The molecule has 7 nitrogen and oxygen atoms in total. The zero-order chi connectivity index (χ0) is 19.3. The Morgan fingerprint density at radius 1 is 0.929 bits per heavy atom. The topological polar surface area (TPSA) is 61.8 Å². The summed E-state index contributed by atoms with van der Waals surface area (Å²) in [6.45, 7) is 7.09. The minimum absolute atomic E-state index is 0.229. The van der Waals surface area contributed by atoms with E-state index in [-0.39, 0.29) is 6.09 Å². The standard InChI is InChI=1S/C21H27N5O2/c1-2-28-21(27)26-14-12-25(13-15-26)19-16-18(24-10-6-7-11-24)22-20(23-19)17-8-4-3-5-9-17/h3-5,8-9,16H,2,6-7,10-15H2,1H3. The smallest absolute Gasteiger partial charge is 0.409 e. The Bertz CT molecular complexity index is 800. The number of rotatable bonds is 4. The maximum atomic E-state index is 12.0. The third-order valence-electron chi connectivity index (χ3n) is 5.29. The third-order valence-corrected chi connectivity index (χ3v) is 5.29. The van der Waals surface area contributed by atoms with E-state index in [1.165, 1.54) is 12.8 Å². The van der Waals surface area contributed by atoms with Crippen LogP contribution in [0, 0.1) is 0 Å². The van der Waals surface area contributed by atoms with E-state index in [1.54, 1.807) is 4.90 Å². The van der Waals surface area contributed by atoms with E-state index in [9.17, 15) is 4.79 Å². The van der Waals surface area contributed by atoms with Gasteiger partial charge in [0.2, 0.25) is 0 Å². The molecule has 28 heavy (non-hydrogen) atoms. The van der Waals surface area contributed by atoms with Crippen molar-refractivity contribution in [2.45, 2.75) is 19.8 Å². The van der Waals surface area contributed by atoms with E-state index >= 15 is 0 Å². The molecule has 0 spiro atoms. The Balaban J connectivity index is 1.58. The fourth-order valence-corrected chi connectivity index (χ4v) is 3.74. The molecule has 0 bridgehead atoms. The number of benzene rings is 1. The minimum atomic E-state index is -0.229. The van der Waals surface area contributed by atoms with Crippen molar-refractivity contribution in [1.29, 1.82) is 0 Å². The molecular formula is C21H27N5O2. The largest absolute Gasteiger partial charge is 0.450 e. The molecular weight excluding hydrogens is 354 g/mol. The van der Waals surface area contributed by atoms with Gasteiger partial charge in [0.1, 0.15) is 11.6 Å². The molecule has 7 heteroatoms. The number of hydrogen-bond donors (Lipinski definition) is 0. The first-order valence-electron chi connectivity index (χ1n) is 10.1. The maximum absolute atomic E-state index is 12.0. The average Bonchev–Trinajstić information content (AvgIpc) is 3.29. The number of nitrogens with zero attached hydrogens (tertiary/aromatic N) is 5. The summed E-state index contributed by atoms with van der Waals surface area (Å²) in [6, 6.07) is 12.2. The average molecular weight is 381 g/mol. The first kappa shape index (κ1) is 18.5. The van der Waals surface area contributed by atoms with Gasteiger partial charge in [-0.25, -0.2) is 14.8 Å². The summed E-state index contributed by atoms with van der Waals surface area (Å²) in [4.78, 5) is 28.0. The summed E-state index contributed by atoms with van der Waals surface area (Å²) < 4.78 is 5.12. The summed E-state index contributed by atoms with van der Waals surface area (Å²) >= 11 is 0. The van der Waals surface area contributed by atoms with Gasteiger partial charge in [-0.3, -0.25) is 0 Å². The first-order valence-corrected chi connectivity index (χ1v) is 10.1. The lowest BCUT2D eigenvalue weighted by Gasteiger charge is -2.35. The molecule has 4 rings (SSSR count). The highest BCUT2D eigenvalue weighted by Gasteiger charge is 2.24. The lowest BCUT2D eigenvalue weighted by Crippen LogP contribution is -2.49. The van der Waals surface area contributed by atoms with Crippen LogP contribution in [-0.4, -0.2) is 66.8 Å². The molecule has 0 saturated carbocycles. The number of piperazine rings is 1. The van der Waals surface area contributed by atoms with E-state index in [2.05, 4.69) is 15.9 Å². The van der Waals surface area contributed by atoms with Crippen LogP contribution in [0.15, 0.2) is 36.4 Å². The molecule has 1 aromatic carbocycles. The zero-order valence-electron chi connectivity index (χ0n) is 16.4. The lowest BCUT2D eigenvalue weighted by molar-refractivity contribution is 0.105. The van der Waals surface area contributed by atoms with Crippen LogP contribution in [0.5, 0.6) is 0 Å². The van der Waals surface area contributed by atoms with Crippen LogP contribution in [0.3, 0.4) is 0 Å². The van der Waals surface area contributed by atoms with Gasteiger partial charge in [-0.2, -0.15) is 0 Å². The maximum Gasteiger partial charge on any atom is 0.409 e. The summed E-state index contributed by atoms with van der Waals surface area (Å²) in [6.07, 6.45) is 2.18. The highest BCUT2D eigenvalue weighted by atomic mass is 16.6. The Labute approximate surface area is 165 Å². The Morgan fingerprint density at radius 3 is 2.14 bits per heavy atom. The van der Waals surface area contributed by atoms with Crippen molar-refractivity contribution < 1.29 is 9.53 Å². The van der Waals surface area contributed by atoms with Crippen LogP contribution in [0.1, 0.15) is 19.8 Å². The van der Waals surface area contributed by atoms with Crippen LogP contribution in [-0.2, 0) is 4.74 Å². The summed E-state index contributed by atoms with van der Waals surface area (Å²) in [5, 5.41) is 0. The van der Waals surface area contributed by atoms with Crippen LogP contribution in [0.2, 0.25) is 0 Å². The number of aromatic nitrogens is 2. The van der Waals surface area contributed by atoms with Crippen LogP contribution in [0.4, 0.5) is 16.4 Å². The van der Waals surface area contributed by atoms with Gasteiger partial charge in [0.15, 0.2) is 5.82 Å². The number of amides is 1. The normalized spacial score (nSPS) is 17.1. The van der Waals surface area contributed by atoms with Gasteiger partial charge in [-0.05, 0) is 19.8 Å². The quantitative estimate of drug-likeness (QED) is 0.811. The number of carbonyl (C=O) groups excluding carboxylic acids is 1. The molecule has 2 aromatic rings. The van der Waals surface area contributed by atoms with E-state index in [1.807, 2.05) is 37.3 Å². The van der Waals surface area contributed by atoms with Crippen molar-refractivity contribution in [3.63, 3.8) is 0 Å². The van der Waals surface area contributed by atoms with Crippen LogP contribution < -0.4 is 9.80 Å². The SMILES string of the molecule is CCOC(=O)N1CCN(c2cc(N3CCCC3)nc(-c3ccccc3)n2)CC1. The van der Waals surface area contributed by atoms with Gasteiger partial charge in [-0.1, -0.05) is 30.3 Å². The molecule has 0 aliphatic carbocycles. The second-order valence-electron chi connectivity index (χ2n) is 7.14. The summed E-state index contributed by atoms with van der Waals surface area (Å²) in [5.41, 5.74) is 1.02. The van der Waals surface area contributed by atoms with E-state index in [0.717, 1.165) is 49.2 Å². The van der Waals surface area contributed by atoms with Crippen LogP contribution in [0.25, 0.3) is 11.4 Å². The van der Waals surface area contributed by atoms with E-state index in [0.29, 0.717) is 19.7 Å². The fraction of sp³-hybridized carbons (Fsp3) is 0.476. The molecule has 0 radical (unpaired) electrons. The number of hydrogen-bond acceptors (Lipinski definition) is 6. The second-order valence-corrected chi connectivity index (χ2v) is 7.14. The molecule has 0 atom stereocenters. The predicted octanol–water partition coefficient (Wildman–Crippen LogP) is 3.02. The van der Waals surface area contributed by atoms with E-state index in [4.69, 9.17) is 14.7 Å². The van der Waals surface area contributed by atoms with Gasteiger partial charge in [0.25, 0.3) is 0 Å². The predicted molar refractivity (Wildman–Crippen MR) is 110 cm³/mol. The fourth-order valence-electron chi connectivity index (χ4n) is 3.74. The van der Waals surface area contributed by atoms with Gasteiger partial charge < -0.3 is 19.4 Å². The van der Waals surface area contributed by atoms with Gasteiger partial charge in [-0.15, -0.1) is 0 Å². The molecule has 3 heterocycles. The van der Waals surface area contributed by atoms with E-state index < -0.39 is 0 Å². The minimum Gasteiger partial charge on any atom is -0.450 e.